The van der Waals surface area contributed by atoms with Crippen molar-refractivity contribution in [3.8, 4) is 0 Å². The Kier molecular flexibility index (Phi) is 5.92. The largest absolute Gasteiger partial charge is 0.418 e. The molecule has 0 heterocycles. The van der Waals surface area contributed by atoms with E-state index in [1.54, 1.807) is 0 Å². The molecule has 0 saturated carbocycles. The van der Waals surface area contributed by atoms with E-state index in [9.17, 15) is 35.5 Å². The van der Waals surface area contributed by atoms with Gasteiger partial charge in [0.2, 0.25) is 0 Å². The van der Waals surface area contributed by atoms with Crippen LogP contribution in [0.1, 0.15) is 15.9 Å². The SMILES string of the molecule is CN(c1ccc(NC(=O)c2c(F)cc(F)cc2F)cc1F)c1ccccc1C(F)(F)F. The summed E-state index contributed by atoms with van der Waals surface area (Å²) in [6, 6.07) is 8.21. The van der Waals surface area contributed by atoms with Gasteiger partial charge in [0, 0.05) is 24.9 Å². The molecule has 3 nitrogen and oxygen atoms in total. The molecule has 0 fully saturated rings. The molecule has 1 N–H and O–H groups in total. The van der Waals surface area contributed by atoms with Gasteiger partial charge in [0.1, 0.15) is 28.8 Å². The number of hydrogen-bond donors (Lipinski definition) is 1. The highest BCUT2D eigenvalue weighted by molar-refractivity contribution is 6.04. The van der Waals surface area contributed by atoms with Gasteiger partial charge in [-0.15, -0.1) is 0 Å². The van der Waals surface area contributed by atoms with Gasteiger partial charge in [0.05, 0.1) is 16.9 Å². The third-order valence-corrected chi connectivity index (χ3v) is 4.37. The van der Waals surface area contributed by atoms with E-state index >= 15 is 0 Å². The van der Waals surface area contributed by atoms with E-state index < -0.39 is 46.5 Å². The number of nitrogens with one attached hydrogen (secondary N) is 1. The fourth-order valence-corrected chi connectivity index (χ4v) is 2.94. The van der Waals surface area contributed by atoms with Crippen LogP contribution in [0.2, 0.25) is 0 Å². The standard InChI is InChI=1S/C21H13F7N2O/c1-30(17-5-3-2-4-13(17)21(26,27)28)18-7-6-12(10-14(18)23)29-20(31)19-15(24)8-11(22)9-16(19)25/h2-10H,1H3,(H,29,31). The zero-order valence-electron chi connectivity index (χ0n) is 15.7. The Balaban J connectivity index is 1.89. The summed E-state index contributed by atoms with van der Waals surface area (Å²) in [5.74, 6) is -6.41. The molecule has 0 aliphatic heterocycles. The Morgan fingerprint density at radius 3 is 2.03 bits per heavy atom. The molecule has 0 bridgehead atoms. The predicted octanol–water partition coefficient (Wildman–Crippen LogP) is 6.28. The van der Waals surface area contributed by atoms with E-state index in [-0.39, 0.29) is 17.1 Å². The molecule has 0 aliphatic rings. The second-order valence-corrected chi connectivity index (χ2v) is 6.44. The number of halogens is 7. The molecule has 0 atom stereocenters. The first-order valence-corrected chi connectivity index (χ1v) is 8.64. The van der Waals surface area contributed by atoms with Crippen LogP contribution < -0.4 is 10.2 Å². The molecule has 162 valence electrons. The highest BCUT2D eigenvalue weighted by Crippen LogP contribution is 2.39. The van der Waals surface area contributed by atoms with Gasteiger partial charge in [-0.1, -0.05) is 12.1 Å². The van der Waals surface area contributed by atoms with E-state index in [0.717, 1.165) is 35.2 Å². The van der Waals surface area contributed by atoms with Crippen molar-refractivity contribution in [1.82, 2.24) is 0 Å². The van der Waals surface area contributed by atoms with E-state index in [0.29, 0.717) is 12.1 Å². The van der Waals surface area contributed by atoms with Crippen molar-refractivity contribution in [1.29, 1.82) is 0 Å². The Morgan fingerprint density at radius 1 is 0.839 bits per heavy atom. The minimum Gasteiger partial charge on any atom is -0.342 e. The molecule has 1 amide bonds. The van der Waals surface area contributed by atoms with Crippen molar-refractivity contribution in [3.63, 3.8) is 0 Å². The molecular weight excluding hydrogens is 429 g/mol. The van der Waals surface area contributed by atoms with Crippen LogP contribution in [0.4, 0.5) is 47.8 Å². The Morgan fingerprint density at radius 2 is 1.45 bits per heavy atom. The third kappa shape index (κ3) is 4.62. The van der Waals surface area contributed by atoms with Crippen LogP contribution in [-0.4, -0.2) is 13.0 Å². The van der Waals surface area contributed by atoms with Gasteiger partial charge in [-0.3, -0.25) is 4.79 Å². The molecular formula is C21H13F7N2O. The van der Waals surface area contributed by atoms with Crippen molar-refractivity contribution in [2.24, 2.45) is 0 Å². The predicted molar refractivity (Wildman–Crippen MR) is 100 cm³/mol. The maximum atomic E-state index is 14.6. The van der Waals surface area contributed by atoms with Gasteiger partial charge in [-0.2, -0.15) is 13.2 Å². The van der Waals surface area contributed by atoms with Crippen molar-refractivity contribution in [2.75, 3.05) is 17.3 Å². The summed E-state index contributed by atoms with van der Waals surface area (Å²) in [5.41, 5.74) is -2.81. The van der Waals surface area contributed by atoms with Crippen LogP contribution in [0.5, 0.6) is 0 Å². The van der Waals surface area contributed by atoms with Crippen LogP contribution in [0.25, 0.3) is 0 Å². The summed E-state index contributed by atoms with van der Waals surface area (Å²) in [5, 5.41) is 2.06. The van der Waals surface area contributed by atoms with Crippen molar-refractivity contribution in [2.45, 2.75) is 6.18 Å². The topological polar surface area (TPSA) is 32.3 Å². The highest BCUT2D eigenvalue weighted by Gasteiger charge is 2.34. The maximum Gasteiger partial charge on any atom is 0.418 e. The van der Waals surface area contributed by atoms with Gasteiger partial charge >= 0.3 is 6.18 Å². The third-order valence-electron chi connectivity index (χ3n) is 4.37. The van der Waals surface area contributed by atoms with Gasteiger partial charge in [0.25, 0.3) is 5.91 Å². The molecule has 0 saturated heterocycles. The molecule has 3 aromatic carbocycles. The molecule has 0 unspecified atom stereocenters. The smallest absolute Gasteiger partial charge is 0.342 e. The number of carbonyl (C=O) groups excluding carboxylic acids is 1. The average Bonchev–Trinajstić information content (AvgIpc) is 2.66. The quantitative estimate of drug-likeness (QED) is 0.483. The Bertz CT molecular complexity index is 1120. The van der Waals surface area contributed by atoms with Gasteiger partial charge in [0.15, 0.2) is 0 Å². The number of nitrogens with zero attached hydrogens (tertiary/aromatic N) is 1. The highest BCUT2D eigenvalue weighted by atomic mass is 19.4. The molecule has 0 spiro atoms. The van der Waals surface area contributed by atoms with E-state index in [1.165, 1.54) is 19.2 Å². The Labute approximate surface area is 171 Å². The lowest BCUT2D eigenvalue weighted by molar-refractivity contribution is -0.137. The minimum absolute atomic E-state index is 0.216. The summed E-state index contributed by atoms with van der Waals surface area (Å²) in [7, 11) is 1.23. The number of alkyl halides is 3. The number of rotatable bonds is 4. The summed E-state index contributed by atoms with van der Waals surface area (Å²) in [6.07, 6.45) is -4.67. The maximum absolute atomic E-state index is 14.6. The van der Waals surface area contributed by atoms with Crippen molar-refractivity contribution >= 4 is 23.0 Å². The normalized spacial score (nSPS) is 11.4. The van der Waals surface area contributed by atoms with Crippen molar-refractivity contribution in [3.05, 3.63) is 89.0 Å². The number of para-hydroxylation sites is 1. The first kappa shape index (κ1) is 22.1. The molecule has 0 radical (unpaired) electrons. The monoisotopic (exact) mass is 442 g/mol. The van der Waals surface area contributed by atoms with Crippen LogP contribution in [0, 0.1) is 23.3 Å². The fourth-order valence-electron chi connectivity index (χ4n) is 2.94. The average molecular weight is 442 g/mol. The summed E-state index contributed by atoms with van der Waals surface area (Å²) < 4.78 is 94.7. The van der Waals surface area contributed by atoms with Crippen LogP contribution in [0.3, 0.4) is 0 Å². The summed E-state index contributed by atoms with van der Waals surface area (Å²) >= 11 is 0. The van der Waals surface area contributed by atoms with Gasteiger partial charge in [-0.05, 0) is 30.3 Å². The molecule has 0 aliphatic carbocycles. The fraction of sp³-hybridized carbons (Fsp3) is 0.0952. The lowest BCUT2D eigenvalue weighted by Gasteiger charge is -2.24. The second-order valence-electron chi connectivity index (χ2n) is 6.44. The number of hydrogen-bond acceptors (Lipinski definition) is 2. The first-order chi connectivity index (χ1) is 14.5. The molecule has 10 heteroatoms. The first-order valence-electron chi connectivity index (χ1n) is 8.64. The number of amides is 1. The number of anilines is 3. The summed E-state index contributed by atoms with van der Waals surface area (Å²) in [4.78, 5) is 13.1. The van der Waals surface area contributed by atoms with Crippen LogP contribution in [0.15, 0.2) is 54.6 Å². The van der Waals surface area contributed by atoms with Gasteiger partial charge < -0.3 is 10.2 Å². The van der Waals surface area contributed by atoms with E-state index in [4.69, 9.17) is 0 Å². The van der Waals surface area contributed by atoms with Crippen LogP contribution >= 0.6 is 0 Å². The second kappa shape index (κ2) is 8.29. The number of carbonyl (C=O) groups is 1. The molecule has 3 aromatic rings. The van der Waals surface area contributed by atoms with Crippen molar-refractivity contribution < 1.29 is 35.5 Å². The summed E-state index contributed by atoms with van der Waals surface area (Å²) in [6.45, 7) is 0. The lowest BCUT2D eigenvalue weighted by Crippen LogP contribution is -2.18. The van der Waals surface area contributed by atoms with Gasteiger partial charge in [-0.25, -0.2) is 17.6 Å². The zero-order chi connectivity index (χ0) is 22.9. The Hall–Kier alpha value is -3.56. The minimum atomic E-state index is -4.67. The van der Waals surface area contributed by atoms with E-state index in [2.05, 4.69) is 5.32 Å². The molecule has 31 heavy (non-hydrogen) atoms. The zero-order valence-corrected chi connectivity index (χ0v) is 15.7. The molecule has 3 rings (SSSR count). The molecule has 0 aromatic heterocycles. The number of benzene rings is 3. The lowest BCUT2D eigenvalue weighted by atomic mass is 10.1. The van der Waals surface area contributed by atoms with Crippen LogP contribution in [-0.2, 0) is 6.18 Å². The van der Waals surface area contributed by atoms with E-state index in [1.807, 2.05) is 0 Å².